The summed E-state index contributed by atoms with van der Waals surface area (Å²) in [7, 11) is 1.98. The van der Waals surface area contributed by atoms with Gasteiger partial charge >= 0.3 is 11.7 Å². The van der Waals surface area contributed by atoms with Gasteiger partial charge < -0.3 is 13.9 Å². The van der Waals surface area contributed by atoms with Crippen molar-refractivity contribution < 1.29 is 18.7 Å². The number of para-hydroxylation sites is 1. The topological polar surface area (TPSA) is 81.5 Å². The van der Waals surface area contributed by atoms with Gasteiger partial charge in [-0.2, -0.15) is 0 Å². The lowest BCUT2D eigenvalue weighted by atomic mass is 9.77. The summed E-state index contributed by atoms with van der Waals surface area (Å²) in [6.07, 6.45) is 2.07. The van der Waals surface area contributed by atoms with Crippen LogP contribution in [0.15, 0.2) is 45.6 Å². The summed E-state index contributed by atoms with van der Waals surface area (Å²) < 4.78 is 17.2. The number of oxazole rings is 1. The zero-order valence-corrected chi connectivity index (χ0v) is 16.1. The molecule has 3 atom stereocenters. The van der Waals surface area contributed by atoms with Crippen LogP contribution in [0.1, 0.15) is 24.0 Å². The number of fused-ring (bicyclic) bond motifs is 5. The van der Waals surface area contributed by atoms with E-state index >= 15 is 0 Å². The van der Waals surface area contributed by atoms with Crippen LogP contribution in [0.5, 0.6) is 5.75 Å². The van der Waals surface area contributed by atoms with Gasteiger partial charge in [0, 0.05) is 23.8 Å². The second-order valence-corrected chi connectivity index (χ2v) is 8.38. The highest BCUT2D eigenvalue weighted by Crippen LogP contribution is 2.55. The normalized spacial score (nSPS) is 30.1. The van der Waals surface area contributed by atoms with E-state index in [-0.39, 0.29) is 23.1 Å². The predicted molar refractivity (Wildman–Crippen MR) is 106 cm³/mol. The Kier molecular flexibility index (Phi) is 3.27. The number of carbonyl (C=O) groups is 1. The number of benzene rings is 2. The Balaban J connectivity index is 1.57. The van der Waals surface area contributed by atoms with Crippen molar-refractivity contribution in [2.45, 2.75) is 24.4 Å². The average molecular weight is 393 g/mol. The Labute approximate surface area is 166 Å². The molecule has 4 heterocycles. The van der Waals surface area contributed by atoms with Crippen molar-refractivity contribution in [3.8, 4) is 5.75 Å². The van der Waals surface area contributed by atoms with E-state index in [2.05, 4.69) is 4.98 Å². The highest BCUT2D eigenvalue weighted by atomic mass is 16.5. The molecule has 1 aromatic heterocycles. The summed E-state index contributed by atoms with van der Waals surface area (Å²) in [5, 5.41) is 0. The van der Waals surface area contributed by atoms with Gasteiger partial charge in [0.25, 0.3) is 0 Å². The molecule has 6 rings (SSSR count). The molecule has 0 radical (unpaired) electrons. The molecule has 1 spiro atoms. The number of hydrogen-bond donors (Lipinski definition) is 1. The maximum absolute atomic E-state index is 14.1. The molecule has 148 valence electrons. The van der Waals surface area contributed by atoms with E-state index in [1.165, 1.54) is 0 Å². The zero-order chi connectivity index (χ0) is 19.8. The van der Waals surface area contributed by atoms with Crippen LogP contribution in [-0.4, -0.2) is 43.8 Å². The molecule has 7 heteroatoms. The Morgan fingerprint density at radius 2 is 2.07 bits per heavy atom. The lowest BCUT2D eigenvalue weighted by Crippen LogP contribution is -2.57. The summed E-state index contributed by atoms with van der Waals surface area (Å²) in [4.78, 5) is 28.5. The maximum atomic E-state index is 14.1. The number of nitrogens with zero attached hydrogens (tertiary/aromatic N) is 1. The molecular weight excluding hydrogens is 372 g/mol. The van der Waals surface area contributed by atoms with Crippen LogP contribution in [0.2, 0.25) is 0 Å². The standard InChI is InChI=1S/C22H20N2O5/c1-24(11-13-5-4-8-27-13)17-7-3-2-6-14(17)22(20(24)25)12-28-18-10-19-16(9-15(18)22)23-21(26)29-19/h2-3,6-7,9-10,13H,4-5,8,11-12H2,1H3/p+1/t13-,22?,24?/m1/s1. The lowest BCUT2D eigenvalue weighted by molar-refractivity contribution is -0.133. The Morgan fingerprint density at radius 1 is 1.21 bits per heavy atom. The van der Waals surface area contributed by atoms with Crippen molar-refractivity contribution in [1.82, 2.24) is 9.47 Å². The monoisotopic (exact) mass is 393 g/mol. The van der Waals surface area contributed by atoms with Gasteiger partial charge in [0.2, 0.25) is 0 Å². The SMILES string of the molecule is C[N+]1(C[C@H]2CCCO2)C(=O)C2(COc3cc4oc(=O)[nH]c4cc32)c2ccccc21. The average Bonchev–Trinajstić information content (AvgIpc) is 3.46. The van der Waals surface area contributed by atoms with Gasteiger partial charge in [0.1, 0.15) is 30.7 Å². The molecule has 7 nitrogen and oxygen atoms in total. The van der Waals surface area contributed by atoms with Gasteiger partial charge in [-0.3, -0.25) is 4.98 Å². The van der Waals surface area contributed by atoms with Gasteiger partial charge in [-0.15, -0.1) is 0 Å². The number of ether oxygens (including phenoxy) is 2. The third-order valence-electron chi connectivity index (χ3n) is 6.73. The predicted octanol–water partition coefficient (Wildman–Crippen LogP) is 2.46. The van der Waals surface area contributed by atoms with Crippen LogP contribution in [0, 0.1) is 0 Å². The summed E-state index contributed by atoms with van der Waals surface area (Å²) in [6.45, 7) is 1.61. The molecule has 29 heavy (non-hydrogen) atoms. The van der Waals surface area contributed by atoms with E-state index in [1.807, 2.05) is 37.4 Å². The highest BCUT2D eigenvalue weighted by molar-refractivity contribution is 6.08. The molecule has 0 aliphatic carbocycles. The van der Waals surface area contributed by atoms with Crippen molar-refractivity contribution in [3.63, 3.8) is 0 Å². The van der Waals surface area contributed by atoms with E-state index in [9.17, 15) is 9.59 Å². The molecule has 1 fully saturated rings. The smallest absolute Gasteiger partial charge is 0.417 e. The zero-order valence-electron chi connectivity index (χ0n) is 16.1. The molecule has 2 unspecified atom stereocenters. The van der Waals surface area contributed by atoms with E-state index in [0.717, 1.165) is 36.3 Å². The fourth-order valence-corrected chi connectivity index (χ4v) is 5.38. The van der Waals surface area contributed by atoms with Gasteiger partial charge in [-0.1, -0.05) is 18.2 Å². The van der Waals surface area contributed by atoms with Gasteiger partial charge in [-0.25, -0.2) is 14.1 Å². The minimum Gasteiger partial charge on any atom is -0.491 e. The van der Waals surface area contributed by atoms with Crippen LogP contribution < -0.4 is 15.0 Å². The minimum absolute atomic E-state index is 0.0710. The molecule has 3 aromatic rings. The highest BCUT2D eigenvalue weighted by Gasteiger charge is 2.65. The first kappa shape index (κ1) is 17.0. The Hall–Kier alpha value is -2.90. The number of quaternary nitrogens is 1. The first-order valence-electron chi connectivity index (χ1n) is 9.95. The Morgan fingerprint density at radius 3 is 2.90 bits per heavy atom. The lowest BCUT2D eigenvalue weighted by Gasteiger charge is -2.31. The van der Waals surface area contributed by atoms with Gasteiger partial charge in [0.05, 0.1) is 12.6 Å². The van der Waals surface area contributed by atoms with Crippen LogP contribution in [0.4, 0.5) is 5.69 Å². The van der Waals surface area contributed by atoms with Gasteiger partial charge in [-0.05, 0) is 25.0 Å². The van der Waals surface area contributed by atoms with E-state index in [4.69, 9.17) is 13.9 Å². The molecular formula is C22H21N2O5+. The Bertz CT molecular complexity index is 1220. The number of likely N-dealkylation sites (N-methyl/N-ethyl adjacent to an activating group) is 1. The number of H-pyrrole nitrogens is 1. The molecule has 1 amide bonds. The number of nitrogens with one attached hydrogen (secondary N) is 1. The number of rotatable bonds is 2. The second-order valence-electron chi connectivity index (χ2n) is 8.38. The quantitative estimate of drug-likeness (QED) is 0.677. The van der Waals surface area contributed by atoms with E-state index < -0.39 is 11.2 Å². The van der Waals surface area contributed by atoms with Crippen molar-refractivity contribution in [2.24, 2.45) is 0 Å². The van der Waals surface area contributed by atoms with Crippen molar-refractivity contribution >= 4 is 22.7 Å². The van der Waals surface area contributed by atoms with Crippen LogP contribution >= 0.6 is 0 Å². The fourth-order valence-electron chi connectivity index (χ4n) is 5.38. The summed E-state index contributed by atoms with van der Waals surface area (Å²) in [6, 6.07) is 11.5. The maximum Gasteiger partial charge on any atom is 0.417 e. The molecule has 2 aromatic carbocycles. The summed E-state index contributed by atoms with van der Waals surface area (Å²) in [5.41, 5.74) is 2.85. The molecule has 1 N–H and O–H groups in total. The largest absolute Gasteiger partial charge is 0.491 e. The number of hydrogen-bond acceptors (Lipinski definition) is 5. The number of carbonyl (C=O) groups excluding carboxylic acids is 1. The number of amides is 1. The summed E-state index contributed by atoms with van der Waals surface area (Å²) in [5.74, 6) is 0.155. The van der Waals surface area contributed by atoms with Crippen molar-refractivity contribution in [1.29, 1.82) is 0 Å². The first-order chi connectivity index (χ1) is 14.0. The third-order valence-corrected chi connectivity index (χ3v) is 6.73. The molecule has 1 saturated heterocycles. The van der Waals surface area contributed by atoms with Crippen LogP contribution in [-0.2, 0) is 14.9 Å². The van der Waals surface area contributed by atoms with Crippen LogP contribution in [0.25, 0.3) is 11.1 Å². The van der Waals surface area contributed by atoms with Crippen LogP contribution in [0.3, 0.4) is 0 Å². The molecule has 3 aliphatic heterocycles. The van der Waals surface area contributed by atoms with E-state index in [1.54, 1.807) is 6.07 Å². The molecule has 3 aliphatic rings. The fraction of sp³-hybridized carbons (Fsp3) is 0.364. The first-order valence-corrected chi connectivity index (χ1v) is 9.95. The molecule has 0 saturated carbocycles. The van der Waals surface area contributed by atoms with Crippen molar-refractivity contribution in [2.75, 3.05) is 26.8 Å². The molecule has 0 bridgehead atoms. The van der Waals surface area contributed by atoms with Crippen molar-refractivity contribution in [3.05, 3.63) is 58.1 Å². The van der Waals surface area contributed by atoms with Gasteiger partial charge in [0.15, 0.2) is 11.0 Å². The second kappa shape index (κ2) is 5.58. The summed E-state index contributed by atoms with van der Waals surface area (Å²) >= 11 is 0. The van der Waals surface area contributed by atoms with E-state index in [0.29, 0.717) is 23.4 Å². The number of aromatic nitrogens is 1. The third kappa shape index (κ3) is 2.09. The minimum atomic E-state index is -0.901. The number of aromatic amines is 1.